The molecule has 0 saturated carbocycles. The topological polar surface area (TPSA) is 43.4 Å². The van der Waals surface area contributed by atoms with Gasteiger partial charge in [-0.1, -0.05) is 0 Å². The Hall–Kier alpha value is -0.420. The molecular formula is C5H7FO3S. The van der Waals surface area contributed by atoms with Gasteiger partial charge in [-0.15, -0.1) is 0 Å². The van der Waals surface area contributed by atoms with E-state index in [-0.39, 0.29) is 12.2 Å². The third kappa shape index (κ3) is 2.07. The van der Waals surface area contributed by atoms with Crippen LogP contribution in [0.5, 0.6) is 0 Å². The summed E-state index contributed by atoms with van der Waals surface area (Å²) in [6.45, 7) is -0.442. The van der Waals surface area contributed by atoms with Crippen molar-refractivity contribution in [3.63, 3.8) is 0 Å². The van der Waals surface area contributed by atoms with E-state index >= 15 is 0 Å². The molecule has 10 heavy (non-hydrogen) atoms. The van der Waals surface area contributed by atoms with Crippen LogP contribution in [0, 0.1) is 0 Å². The lowest BCUT2D eigenvalue weighted by Crippen LogP contribution is -2.08. The molecule has 0 bridgehead atoms. The van der Waals surface area contributed by atoms with Crippen LogP contribution in [-0.2, 0) is 14.3 Å². The molecule has 1 heterocycles. The first kappa shape index (κ1) is 7.68. The van der Waals surface area contributed by atoms with Crippen LogP contribution in [0.3, 0.4) is 0 Å². The summed E-state index contributed by atoms with van der Waals surface area (Å²) in [6.07, 6.45) is 1.43. The maximum atomic E-state index is 12.3. The number of rotatable bonds is 0. The van der Waals surface area contributed by atoms with E-state index in [9.17, 15) is 12.8 Å². The van der Waals surface area contributed by atoms with Crippen LogP contribution in [0.1, 0.15) is 6.42 Å². The lowest BCUT2D eigenvalue weighted by Gasteiger charge is -1.96. The first-order valence-corrected chi connectivity index (χ1v) is 4.39. The predicted molar refractivity (Wildman–Crippen MR) is 33.5 cm³/mol. The van der Waals surface area contributed by atoms with E-state index in [1.165, 1.54) is 6.08 Å². The first-order chi connectivity index (χ1) is 4.60. The van der Waals surface area contributed by atoms with Gasteiger partial charge < -0.3 is 0 Å². The molecule has 0 N–H and O–H groups in total. The lowest BCUT2D eigenvalue weighted by atomic mass is 10.4. The molecule has 0 fully saturated rings. The zero-order chi connectivity index (χ0) is 7.61. The van der Waals surface area contributed by atoms with Crippen LogP contribution in [0.2, 0.25) is 0 Å². The van der Waals surface area contributed by atoms with E-state index < -0.39 is 22.6 Å². The van der Waals surface area contributed by atoms with Gasteiger partial charge in [-0.05, 0) is 12.5 Å². The van der Waals surface area contributed by atoms with Gasteiger partial charge >= 0.3 is 0 Å². The summed E-state index contributed by atoms with van der Waals surface area (Å²) in [4.78, 5) is 0. The zero-order valence-corrected chi connectivity index (χ0v) is 6.03. The van der Waals surface area contributed by atoms with Crippen LogP contribution in [0.25, 0.3) is 0 Å². The number of hydrogen-bond donors (Lipinski definition) is 0. The van der Waals surface area contributed by atoms with Crippen molar-refractivity contribution in [1.82, 2.24) is 0 Å². The largest absolute Gasteiger partial charge is 0.268 e. The minimum atomic E-state index is -3.44. The fraction of sp³-hybridized carbons (Fsp3) is 0.600. The highest BCUT2D eigenvalue weighted by molar-refractivity contribution is 7.86. The smallest absolute Gasteiger partial charge is 0.263 e. The van der Waals surface area contributed by atoms with Crippen LogP contribution < -0.4 is 0 Å². The molecule has 0 aromatic rings. The molecule has 0 radical (unpaired) electrons. The minimum absolute atomic E-state index is 0.125. The monoisotopic (exact) mass is 166 g/mol. The summed E-state index contributed by atoms with van der Waals surface area (Å²) in [5.41, 5.74) is 0. The normalized spacial score (nSPS) is 25.1. The Labute approximate surface area is 58.6 Å². The summed E-state index contributed by atoms with van der Waals surface area (Å²) in [5.74, 6) is -0.637. The van der Waals surface area contributed by atoms with Crippen LogP contribution in [0.15, 0.2) is 11.9 Å². The van der Waals surface area contributed by atoms with Crippen LogP contribution >= 0.6 is 0 Å². The standard InChI is InChI=1S/C5H7FO3S/c6-5-2-1-3-10(7,8)9-4-5/h2H,1,3-4H2. The van der Waals surface area contributed by atoms with Crippen molar-refractivity contribution in [2.24, 2.45) is 0 Å². The molecule has 1 aliphatic heterocycles. The van der Waals surface area contributed by atoms with Crippen molar-refractivity contribution in [3.8, 4) is 0 Å². The quantitative estimate of drug-likeness (QED) is 0.495. The Morgan fingerprint density at radius 3 is 3.00 bits per heavy atom. The van der Waals surface area contributed by atoms with Crippen molar-refractivity contribution in [3.05, 3.63) is 11.9 Å². The Morgan fingerprint density at radius 2 is 2.30 bits per heavy atom. The van der Waals surface area contributed by atoms with Crippen molar-refractivity contribution in [1.29, 1.82) is 0 Å². The molecule has 0 unspecified atom stereocenters. The Balaban J connectivity index is 2.69. The average Bonchev–Trinajstić information content (AvgIpc) is 1.94. The summed E-state index contributed by atoms with van der Waals surface area (Å²) in [6, 6.07) is 0. The summed E-state index contributed by atoms with van der Waals surface area (Å²) < 4.78 is 37.7. The van der Waals surface area contributed by atoms with E-state index in [1.807, 2.05) is 0 Å². The van der Waals surface area contributed by atoms with E-state index in [4.69, 9.17) is 0 Å². The van der Waals surface area contributed by atoms with Crippen molar-refractivity contribution in [2.75, 3.05) is 12.4 Å². The number of halogens is 1. The number of hydrogen-bond acceptors (Lipinski definition) is 3. The summed E-state index contributed by atoms with van der Waals surface area (Å²) >= 11 is 0. The summed E-state index contributed by atoms with van der Waals surface area (Å²) in [7, 11) is -3.44. The SMILES string of the molecule is O=S1(=O)CCC=C(F)CO1. The molecule has 3 nitrogen and oxygen atoms in total. The molecule has 0 atom stereocenters. The van der Waals surface area contributed by atoms with Crippen LogP contribution in [0.4, 0.5) is 4.39 Å². The molecule has 0 aromatic heterocycles. The highest BCUT2D eigenvalue weighted by Gasteiger charge is 2.14. The number of allylic oxidation sites excluding steroid dienone is 1. The molecule has 0 spiro atoms. The van der Waals surface area contributed by atoms with Gasteiger partial charge in [0.15, 0.2) is 0 Å². The second kappa shape index (κ2) is 2.67. The van der Waals surface area contributed by atoms with E-state index in [0.717, 1.165) is 0 Å². The summed E-state index contributed by atoms with van der Waals surface area (Å²) in [5, 5.41) is 0. The van der Waals surface area contributed by atoms with E-state index in [1.54, 1.807) is 0 Å². The van der Waals surface area contributed by atoms with Crippen LogP contribution in [-0.4, -0.2) is 20.8 Å². The molecule has 0 amide bonds. The Bertz CT molecular complexity index is 242. The van der Waals surface area contributed by atoms with Gasteiger partial charge in [-0.25, -0.2) is 4.39 Å². The van der Waals surface area contributed by atoms with Gasteiger partial charge in [0, 0.05) is 0 Å². The zero-order valence-electron chi connectivity index (χ0n) is 5.21. The van der Waals surface area contributed by atoms with Gasteiger partial charge in [0.1, 0.15) is 12.4 Å². The third-order valence-corrected chi connectivity index (χ3v) is 2.32. The highest BCUT2D eigenvalue weighted by atomic mass is 32.2. The highest BCUT2D eigenvalue weighted by Crippen LogP contribution is 2.09. The molecule has 0 aliphatic carbocycles. The second-order valence-corrected chi connectivity index (χ2v) is 3.72. The van der Waals surface area contributed by atoms with E-state index in [0.29, 0.717) is 0 Å². The van der Waals surface area contributed by atoms with Gasteiger partial charge in [0.25, 0.3) is 10.1 Å². The molecule has 0 aromatic carbocycles. The molecular weight excluding hydrogens is 159 g/mol. The first-order valence-electron chi connectivity index (χ1n) is 2.82. The Morgan fingerprint density at radius 1 is 1.60 bits per heavy atom. The van der Waals surface area contributed by atoms with Crippen molar-refractivity contribution >= 4 is 10.1 Å². The molecule has 0 saturated heterocycles. The predicted octanol–water partition coefficient (Wildman–Crippen LogP) is 0.590. The lowest BCUT2D eigenvalue weighted by molar-refractivity contribution is 0.323. The molecule has 1 aliphatic rings. The maximum absolute atomic E-state index is 12.3. The second-order valence-electron chi connectivity index (χ2n) is 1.96. The molecule has 5 heteroatoms. The van der Waals surface area contributed by atoms with Crippen molar-refractivity contribution in [2.45, 2.75) is 6.42 Å². The molecule has 1 rings (SSSR count). The average molecular weight is 166 g/mol. The van der Waals surface area contributed by atoms with Gasteiger partial charge in [0.05, 0.1) is 5.75 Å². The Kier molecular flexibility index (Phi) is 2.05. The third-order valence-electron chi connectivity index (χ3n) is 1.11. The fourth-order valence-corrected chi connectivity index (χ4v) is 1.44. The van der Waals surface area contributed by atoms with Gasteiger partial charge in [0.2, 0.25) is 0 Å². The van der Waals surface area contributed by atoms with E-state index in [2.05, 4.69) is 4.18 Å². The van der Waals surface area contributed by atoms with Gasteiger partial charge in [-0.3, -0.25) is 4.18 Å². The minimum Gasteiger partial charge on any atom is -0.263 e. The van der Waals surface area contributed by atoms with Gasteiger partial charge in [-0.2, -0.15) is 8.42 Å². The molecule has 58 valence electrons. The van der Waals surface area contributed by atoms with Crippen molar-refractivity contribution < 1.29 is 17.0 Å². The maximum Gasteiger partial charge on any atom is 0.268 e. The fourth-order valence-electron chi connectivity index (χ4n) is 0.624.